The Balaban J connectivity index is 0.00000312. The van der Waals surface area contributed by atoms with Crippen LogP contribution in [0.4, 0.5) is 0 Å². The lowest BCUT2D eigenvalue weighted by atomic mass is 10.1. The second-order valence-electron chi connectivity index (χ2n) is 4.95. The number of nitrogens with two attached hydrogens (primary N) is 1. The number of aromatic nitrogens is 1. The van der Waals surface area contributed by atoms with Crippen LogP contribution in [0.3, 0.4) is 0 Å². The SMILES string of the molecule is COc1ccc(CCN=C(N)NCCOc2ccc(Cl)cn2)cc1.I. The topological polar surface area (TPSA) is 81.8 Å². The van der Waals surface area contributed by atoms with E-state index in [1.54, 1.807) is 25.4 Å². The molecule has 136 valence electrons. The number of halogens is 2. The maximum Gasteiger partial charge on any atom is 0.213 e. The molecule has 0 aliphatic heterocycles. The molecular formula is C17H22ClIN4O2. The minimum Gasteiger partial charge on any atom is -0.497 e. The van der Waals surface area contributed by atoms with Crippen LogP contribution in [-0.2, 0) is 6.42 Å². The van der Waals surface area contributed by atoms with Crippen LogP contribution in [0.5, 0.6) is 11.6 Å². The first-order valence-electron chi connectivity index (χ1n) is 7.58. The number of nitrogens with zero attached hydrogens (tertiary/aromatic N) is 2. The highest BCUT2D eigenvalue weighted by atomic mass is 127. The van der Waals surface area contributed by atoms with E-state index in [0.717, 1.165) is 12.2 Å². The third kappa shape index (κ3) is 8.26. The van der Waals surface area contributed by atoms with Crippen molar-refractivity contribution in [3.05, 3.63) is 53.2 Å². The Morgan fingerprint density at radius 2 is 2.00 bits per heavy atom. The van der Waals surface area contributed by atoms with Gasteiger partial charge in [-0.25, -0.2) is 4.98 Å². The molecule has 0 spiro atoms. The monoisotopic (exact) mass is 476 g/mol. The van der Waals surface area contributed by atoms with Gasteiger partial charge < -0.3 is 20.5 Å². The number of rotatable bonds is 8. The number of benzene rings is 1. The second-order valence-corrected chi connectivity index (χ2v) is 5.39. The van der Waals surface area contributed by atoms with Gasteiger partial charge in [-0.1, -0.05) is 23.7 Å². The molecule has 0 atom stereocenters. The van der Waals surface area contributed by atoms with Crippen LogP contribution in [0.15, 0.2) is 47.6 Å². The number of guanidine groups is 1. The van der Waals surface area contributed by atoms with E-state index in [-0.39, 0.29) is 24.0 Å². The standard InChI is InChI=1S/C17H21ClN4O2.HI/c1-23-15-5-2-13(3-6-15)8-9-20-17(19)21-10-11-24-16-7-4-14(18)12-22-16;/h2-7,12H,8-11H2,1H3,(H3,19,20,21);1H. The predicted molar refractivity (Wildman–Crippen MR) is 111 cm³/mol. The van der Waals surface area contributed by atoms with Crippen molar-refractivity contribution in [2.75, 3.05) is 26.8 Å². The summed E-state index contributed by atoms with van der Waals surface area (Å²) in [5.41, 5.74) is 7.00. The minimum atomic E-state index is 0. The lowest BCUT2D eigenvalue weighted by Gasteiger charge is -2.07. The number of pyridine rings is 1. The van der Waals surface area contributed by atoms with Crippen LogP contribution in [0, 0.1) is 0 Å². The molecule has 3 N–H and O–H groups in total. The number of methoxy groups -OCH3 is 1. The molecule has 0 aliphatic carbocycles. The summed E-state index contributed by atoms with van der Waals surface area (Å²) in [6.07, 6.45) is 2.36. The quantitative estimate of drug-likeness (QED) is 0.265. The summed E-state index contributed by atoms with van der Waals surface area (Å²) in [5.74, 6) is 1.77. The van der Waals surface area contributed by atoms with Gasteiger partial charge >= 0.3 is 0 Å². The normalized spacial score (nSPS) is 10.7. The maximum absolute atomic E-state index is 5.81. The molecule has 0 bridgehead atoms. The second kappa shape index (κ2) is 11.8. The molecule has 2 rings (SSSR count). The molecular weight excluding hydrogens is 455 g/mol. The maximum atomic E-state index is 5.81. The molecule has 0 radical (unpaired) electrons. The van der Waals surface area contributed by atoms with Gasteiger partial charge in [0.15, 0.2) is 5.96 Å². The van der Waals surface area contributed by atoms with E-state index in [1.165, 1.54) is 5.56 Å². The van der Waals surface area contributed by atoms with E-state index in [2.05, 4.69) is 15.3 Å². The number of hydrogen-bond acceptors (Lipinski definition) is 4. The first-order valence-corrected chi connectivity index (χ1v) is 7.96. The van der Waals surface area contributed by atoms with Gasteiger partial charge in [0.05, 0.1) is 18.7 Å². The molecule has 0 saturated carbocycles. The van der Waals surface area contributed by atoms with Crippen LogP contribution < -0.4 is 20.5 Å². The Labute approximate surface area is 169 Å². The zero-order valence-electron chi connectivity index (χ0n) is 13.9. The first-order chi connectivity index (χ1) is 11.7. The molecule has 25 heavy (non-hydrogen) atoms. The van der Waals surface area contributed by atoms with Crippen molar-refractivity contribution in [1.82, 2.24) is 10.3 Å². The van der Waals surface area contributed by atoms with Gasteiger partial charge in [-0.15, -0.1) is 24.0 Å². The van der Waals surface area contributed by atoms with Gasteiger partial charge in [0.25, 0.3) is 0 Å². The van der Waals surface area contributed by atoms with Crippen molar-refractivity contribution < 1.29 is 9.47 Å². The Morgan fingerprint density at radius 1 is 1.24 bits per heavy atom. The van der Waals surface area contributed by atoms with E-state index in [1.807, 2.05) is 24.3 Å². The van der Waals surface area contributed by atoms with Gasteiger partial charge in [0.1, 0.15) is 12.4 Å². The molecule has 0 saturated heterocycles. The summed E-state index contributed by atoms with van der Waals surface area (Å²) in [7, 11) is 1.65. The van der Waals surface area contributed by atoms with Crippen LogP contribution in [0.25, 0.3) is 0 Å². The van der Waals surface area contributed by atoms with Crippen LogP contribution in [0.1, 0.15) is 5.56 Å². The highest BCUT2D eigenvalue weighted by Gasteiger charge is 1.97. The third-order valence-electron chi connectivity index (χ3n) is 3.20. The highest BCUT2D eigenvalue weighted by Crippen LogP contribution is 2.12. The molecule has 0 unspecified atom stereocenters. The predicted octanol–water partition coefficient (Wildman–Crippen LogP) is 2.89. The van der Waals surface area contributed by atoms with Crippen molar-refractivity contribution in [3.63, 3.8) is 0 Å². The smallest absolute Gasteiger partial charge is 0.213 e. The van der Waals surface area contributed by atoms with Crippen LogP contribution >= 0.6 is 35.6 Å². The fourth-order valence-corrected chi connectivity index (χ4v) is 2.05. The summed E-state index contributed by atoms with van der Waals surface area (Å²) >= 11 is 5.75. The van der Waals surface area contributed by atoms with E-state index < -0.39 is 0 Å². The van der Waals surface area contributed by atoms with Crippen molar-refractivity contribution in [2.24, 2.45) is 10.7 Å². The summed E-state index contributed by atoms with van der Waals surface area (Å²) < 4.78 is 10.6. The van der Waals surface area contributed by atoms with E-state index in [4.69, 9.17) is 26.8 Å². The van der Waals surface area contributed by atoms with Crippen LogP contribution in [-0.4, -0.2) is 37.7 Å². The van der Waals surface area contributed by atoms with Crippen molar-refractivity contribution >= 4 is 41.5 Å². The van der Waals surface area contributed by atoms with Crippen molar-refractivity contribution in [1.29, 1.82) is 0 Å². The van der Waals surface area contributed by atoms with Gasteiger partial charge in [-0.2, -0.15) is 0 Å². The van der Waals surface area contributed by atoms with E-state index in [9.17, 15) is 0 Å². The Bertz CT molecular complexity index is 651. The Morgan fingerprint density at radius 3 is 2.64 bits per heavy atom. The largest absolute Gasteiger partial charge is 0.497 e. The molecule has 8 heteroatoms. The first kappa shape index (κ1) is 21.3. The minimum absolute atomic E-state index is 0. The lowest BCUT2D eigenvalue weighted by molar-refractivity contribution is 0.310. The van der Waals surface area contributed by atoms with Gasteiger partial charge in [-0.05, 0) is 30.2 Å². The lowest BCUT2D eigenvalue weighted by Crippen LogP contribution is -2.35. The fourth-order valence-electron chi connectivity index (χ4n) is 1.94. The van der Waals surface area contributed by atoms with Crippen molar-refractivity contribution in [3.8, 4) is 11.6 Å². The van der Waals surface area contributed by atoms with Gasteiger partial charge in [0.2, 0.25) is 5.88 Å². The molecule has 1 aromatic heterocycles. The van der Waals surface area contributed by atoms with Gasteiger partial charge in [-0.3, -0.25) is 4.99 Å². The number of nitrogens with one attached hydrogen (secondary N) is 1. The number of aliphatic imine (C=N–C) groups is 1. The number of hydrogen-bond donors (Lipinski definition) is 2. The molecule has 0 aliphatic rings. The summed E-state index contributed by atoms with van der Waals surface area (Å²) in [5, 5.41) is 3.58. The summed E-state index contributed by atoms with van der Waals surface area (Å²) in [6, 6.07) is 11.3. The summed E-state index contributed by atoms with van der Waals surface area (Å²) in [4.78, 5) is 8.32. The number of ether oxygens (including phenoxy) is 2. The zero-order chi connectivity index (χ0) is 17.2. The Kier molecular flexibility index (Phi) is 10.0. The fraction of sp³-hybridized carbons (Fsp3) is 0.294. The van der Waals surface area contributed by atoms with E-state index >= 15 is 0 Å². The van der Waals surface area contributed by atoms with Crippen molar-refractivity contribution in [2.45, 2.75) is 6.42 Å². The molecule has 2 aromatic rings. The van der Waals surface area contributed by atoms with Gasteiger partial charge in [0, 0.05) is 18.8 Å². The van der Waals surface area contributed by atoms with E-state index in [0.29, 0.717) is 36.6 Å². The molecule has 0 amide bonds. The molecule has 1 heterocycles. The molecule has 6 nitrogen and oxygen atoms in total. The zero-order valence-corrected chi connectivity index (χ0v) is 17.0. The highest BCUT2D eigenvalue weighted by molar-refractivity contribution is 14.0. The average molecular weight is 477 g/mol. The van der Waals surface area contributed by atoms with Crippen LogP contribution in [0.2, 0.25) is 5.02 Å². The molecule has 1 aromatic carbocycles. The summed E-state index contributed by atoms with van der Waals surface area (Å²) in [6.45, 7) is 1.59. The Hall–Kier alpha value is -1.74. The molecule has 0 fully saturated rings. The average Bonchev–Trinajstić information content (AvgIpc) is 2.61. The third-order valence-corrected chi connectivity index (χ3v) is 3.42.